The summed E-state index contributed by atoms with van der Waals surface area (Å²) >= 11 is 0. The van der Waals surface area contributed by atoms with E-state index in [-0.39, 0.29) is 17.8 Å². The molecule has 0 saturated heterocycles. The van der Waals surface area contributed by atoms with Crippen LogP contribution in [-0.4, -0.2) is 27.8 Å². The topological polar surface area (TPSA) is 103 Å². The number of aromatic nitrogens is 2. The van der Waals surface area contributed by atoms with Gasteiger partial charge in [-0.25, -0.2) is 9.48 Å². The van der Waals surface area contributed by atoms with E-state index in [0.29, 0.717) is 23.1 Å². The Balaban J connectivity index is 1.78. The van der Waals surface area contributed by atoms with Crippen LogP contribution in [0.15, 0.2) is 51.9 Å². The lowest BCUT2D eigenvalue weighted by Gasteiger charge is -2.14. The third-order valence-corrected chi connectivity index (χ3v) is 4.03. The first-order chi connectivity index (χ1) is 13.0. The number of esters is 1. The van der Waals surface area contributed by atoms with E-state index in [2.05, 4.69) is 10.4 Å². The van der Waals surface area contributed by atoms with Gasteiger partial charge in [-0.05, 0) is 32.0 Å². The maximum atomic E-state index is 12.6. The fraction of sp³-hybridized carbons (Fsp3) is 0.263. The summed E-state index contributed by atoms with van der Waals surface area (Å²) < 4.78 is 11.6. The summed E-state index contributed by atoms with van der Waals surface area (Å²) in [5, 5.41) is 7.49. The first kappa shape index (κ1) is 18.4. The molecule has 0 fully saturated rings. The Hall–Kier alpha value is -3.42. The van der Waals surface area contributed by atoms with E-state index in [9.17, 15) is 14.4 Å². The number of rotatable bonds is 6. The van der Waals surface area contributed by atoms with E-state index in [1.807, 2.05) is 0 Å². The van der Waals surface area contributed by atoms with Gasteiger partial charge in [0.05, 0.1) is 18.2 Å². The molecule has 1 atom stereocenters. The smallest absolute Gasteiger partial charge is 0.360 e. The number of carbonyl (C=O) groups is 2. The second kappa shape index (κ2) is 7.86. The number of benzene rings is 1. The summed E-state index contributed by atoms with van der Waals surface area (Å²) in [6.45, 7) is 3.72. The van der Waals surface area contributed by atoms with E-state index in [1.165, 1.54) is 17.9 Å². The number of hydrogen-bond donors (Lipinski definition) is 1. The lowest BCUT2D eigenvalue weighted by Crippen LogP contribution is -2.36. The van der Waals surface area contributed by atoms with Gasteiger partial charge in [-0.1, -0.05) is 18.2 Å². The summed E-state index contributed by atoms with van der Waals surface area (Å²) in [5.41, 5.74) is -0.286. The molecule has 0 aliphatic carbocycles. The second-order valence-corrected chi connectivity index (χ2v) is 5.86. The van der Waals surface area contributed by atoms with Gasteiger partial charge < -0.3 is 14.5 Å². The molecular weight excluding hydrogens is 350 g/mol. The van der Waals surface area contributed by atoms with Crippen molar-refractivity contribution < 1.29 is 18.7 Å². The number of furan rings is 1. The predicted octanol–water partition coefficient (Wildman–Crippen LogP) is 1.87. The van der Waals surface area contributed by atoms with Crippen molar-refractivity contribution in [1.82, 2.24) is 15.1 Å². The number of nitrogens with zero attached hydrogens (tertiary/aromatic N) is 2. The highest BCUT2D eigenvalue weighted by Gasteiger charge is 2.23. The van der Waals surface area contributed by atoms with Crippen LogP contribution in [0.25, 0.3) is 10.8 Å². The molecule has 0 spiro atoms. The van der Waals surface area contributed by atoms with Gasteiger partial charge in [-0.2, -0.15) is 5.10 Å². The molecular formula is C19H19N3O5. The van der Waals surface area contributed by atoms with Crippen molar-refractivity contribution in [3.63, 3.8) is 0 Å². The fourth-order valence-electron chi connectivity index (χ4n) is 2.60. The van der Waals surface area contributed by atoms with Crippen molar-refractivity contribution in [3.05, 3.63) is 64.5 Å². The van der Waals surface area contributed by atoms with Gasteiger partial charge in [-0.15, -0.1) is 0 Å². The van der Waals surface area contributed by atoms with Gasteiger partial charge in [0.2, 0.25) is 0 Å². The number of ether oxygens (including phenoxy) is 1. The molecule has 140 valence electrons. The quantitative estimate of drug-likeness (QED) is 0.665. The average Bonchev–Trinajstić information content (AvgIpc) is 3.20. The Morgan fingerprint density at radius 1 is 1.22 bits per heavy atom. The normalized spacial score (nSPS) is 11.9. The molecule has 0 aliphatic rings. The summed E-state index contributed by atoms with van der Waals surface area (Å²) in [4.78, 5) is 37.1. The van der Waals surface area contributed by atoms with Gasteiger partial charge in [0.15, 0.2) is 11.8 Å². The first-order valence-electron chi connectivity index (χ1n) is 8.52. The van der Waals surface area contributed by atoms with Gasteiger partial charge in [0, 0.05) is 11.9 Å². The van der Waals surface area contributed by atoms with E-state index in [4.69, 9.17) is 9.15 Å². The van der Waals surface area contributed by atoms with Gasteiger partial charge in [0.25, 0.3) is 11.5 Å². The number of aryl methyl sites for hydroxylation is 1. The standard InChI is InChI=1S/C19H19N3O5/c1-3-22-18(24)15-9-5-4-8-14(15)16(21-22)19(25)27-12(2)17(23)20-11-13-7-6-10-26-13/h4-10,12H,3,11H2,1-2H3,(H,20,23)/t12-/m0/s1. The molecule has 8 nitrogen and oxygen atoms in total. The number of fused-ring (bicyclic) bond motifs is 1. The average molecular weight is 369 g/mol. The van der Waals surface area contributed by atoms with Crippen LogP contribution in [-0.2, 0) is 22.6 Å². The second-order valence-electron chi connectivity index (χ2n) is 5.86. The third kappa shape index (κ3) is 3.89. The van der Waals surface area contributed by atoms with E-state index in [0.717, 1.165) is 0 Å². The predicted molar refractivity (Wildman–Crippen MR) is 97.1 cm³/mol. The van der Waals surface area contributed by atoms with Crippen molar-refractivity contribution in [1.29, 1.82) is 0 Å². The van der Waals surface area contributed by atoms with E-state index < -0.39 is 18.0 Å². The Bertz CT molecular complexity index is 1020. The summed E-state index contributed by atoms with van der Waals surface area (Å²) in [6, 6.07) is 10.1. The van der Waals surface area contributed by atoms with Gasteiger partial charge in [0.1, 0.15) is 5.76 Å². The van der Waals surface area contributed by atoms with Crippen LogP contribution >= 0.6 is 0 Å². The van der Waals surface area contributed by atoms with Gasteiger partial charge in [-0.3, -0.25) is 9.59 Å². The summed E-state index contributed by atoms with van der Waals surface area (Å²) in [7, 11) is 0. The van der Waals surface area contributed by atoms with Crippen LogP contribution in [0.1, 0.15) is 30.1 Å². The minimum atomic E-state index is -1.03. The van der Waals surface area contributed by atoms with Crippen LogP contribution in [0.2, 0.25) is 0 Å². The molecule has 1 N–H and O–H groups in total. The molecule has 2 heterocycles. The number of nitrogens with one attached hydrogen (secondary N) is 1. The first-order valence-corrected chi connectivity index (χ1v) is 8.52. The van der Waals surface area contributed by atoms with Crippen LogP contribution in [0.4, 0.5) is 0 Å². The molecule has 1 aromatic carbocycles. The van der Waals surface area contributed by atoms with Crippen molar-refractivity contribution in [2.75, 3.05) is 0 Å². The summed E-state index contributed by atoms with van der Waals surface area (Å²) in [6.07, 6.45) is 0.472. The Morgan fingerprint density at radius 3 is 2.63 bits per heavy atom. The minimum absolute atomic E-state index is 0.00210. The maximum absolute atomic E-state index is 12.6. The Morgan fingerprint density at radius 2 is 1.96 bits per heavy atom. The molecule has 8 heteroatoms. The Labute approximate surface area is 154 Å². The van der Waals surface area contributed by atoms with Crippen molar-refractivity contribution in [2.24, 2.45) is 0 Å². The molecule has 27 heavy (non-hydrogen) atoms. The highest BCUT2D eigenvalue weighted by molar-refractivity contribution is 6.02. The van der Waals surface area contributed by atoms with Crippen LogP contribution in [0.5, 0.6) is 0 Å². The minimum Gasteiger partial charge on any atom is -0.467 e. The number of hydrogen-bond acceptors (Lipinski definition) is 6. The SMILES string of the molecule is CCn1nc(C(=O)O[C@@H](C)C(=O)NCc2ccco2)c2ccccc2c1=O. The molecule has 0 aliphatic heterocycles. The Kier molecular flexibility index (Phi) is 5.35. The van der Waals surface area contributed by atoms with E-state index >= 15 is 0 Å². The molecule has 0 radical (unpaired) electrons. The molecule has 0 bridgehead atoms. The highest BCUT2D eigenvalue weighted by Crippen LogP contribution is 2.15. The number of carbonyl (C=O) groups excluding carboxylic acids is 2. The molecule has 3 rings (SSSR count). The van der Waals surface area contributed by atoms with Crippen molar-refractivity contribution >= 4 is 22.6 Å². The zero-order valence-electron chi connectivity index (χ0n) is 15.0. The fourth-order valence-corrected chi connectivity index (χ4v) is 2.60. The third-order valence-electron chi connectivity index (χ3n) is 4.03. The molecule has 2 aromatic heterocycles. The summed E-state index contributed by atoms with van der Waals surface area (Å²) in [5.74, 6) is -0.647. The van der Waals surface area contributed by atoms with Crippen molar-refractivity contribution in [3.8, 4) is 0 Å². The van der Waals surface area contributed by atoms with Crippen LogP contribution in [0, 0.1) is 0 Å². The molecule has 0 saturated carbocycles. The maximum Gasteiger partial charge on any atom is 0.360 e. The molecule has 1 amide bonds. The molecule has 0 unspecified atom stereocenters. The monoisotopic (exact) mass is 369 g/mol. The lowest BCUT2D eigenvalue weighted by atomic mass is 10.1. The zero-order chi connectivity index (χ0) is 19.4. The van der Waals surface area contributed by atoms with Crippen molar-refractivity contribution in [2.45, 2.75) is 33.0 Å². The van der Waals surface area contributed by atoms with Crippen LogP contribution < -0.4 is 10.9 Å². The van der Waals surface area contributed by atoms with Gasteiger partial charge >= 0.3 is 5.97 Å². The zero-order valence-corrected chi connectivity index (χ0v) is 15.0. The largest absolute Gasteiger partial charge is 0.467 e. The molecule has 3 aromatic rings. The van der Waals surface area contributed by atoms with E-state index in [1.54, 1.807) is 43.3 Å². The highest BCUT2D eigenvalue weighted by atomic mass is 16.5. The van der Waals surface area contributed by atoms with Crippen LogP contribution in [0.3, 0.4) is 0 Å². The number of amides is 1. The lowest BCUT2D eigenvalue weighted by molar-refractivity contribution is -0.129.